The Labute approximate surface area is 72.6 Å². The fourth-order valence-electron chi connectivity index (χ4n) is 1.40. The molecule has 0 atom stereocenters. The predicted octanol–water partition coefficient (Wildman–Crippen LogP) is 2.20. The van der Waals surface area contributed by atoms with E-state index in [1.807, 2.05) is 0 Å². The lowest BCUT2D eigenvalue weighted by atomic mass is 10.4. The standard InChI is InChI=1S/C9H11PS/c11-10(7-4-8-10)9-5-2-1-3-6-9/h1-3,5-6H,4,7-8H2. The highest BCUT2D eigenvalue weighted by Crippen LogP contribution is 2.53. The highest BCUT2D eigenvalue weighted by Gasteiger charge is 2.26. The zero-order valence-electron chi connectivity index (χ0n) is 6.36. The lowest BCUT2D eigenvalue weighted by Crippen LogP contribution is -2.18. The minimum Gasteiger partial charge on any atom is -0.0926 e. The Balaban J connectivity index is 2.37. The van der Waals surface area contributed by atoms with Gasteiger partial charge in [-0.25, -0.2) is 0 Å². The van der Waals surface area contributed by atoms with E-state index >= 15 is 0 Å². The van der Waals surface area contributed by atoms with Gasteiger partial charge in [0.2, 0.25) is 0 Å². The molecule has 1 heterocycles. The van der Waals surface area contributed by atoms with Crippen LogP contribution in [0.1, 0.15) is 6.42 Å². The molecule has 2 heteroatoms. The van der Waals surface area contributed by atoms with E-state index < -0.39 is 6.04 Å². The molecule has 1 aliphatic heterocycles. The third-order valence-corrected chi connectivity index (χ3v) is 7.31. The summed E-state index contributed by atoms with van der Waals surface area (Å²) in [5.74, 6) is 0. The van der Waals surface area contributed by atoms with Crippen LogP contribution in [0.3, 0.4) is 0 Å². The Morgan fingerprint density at radius 3 is 2.18 bits per heavy atom. The fourth-order valence-corrected chi connectivity index (χ4v) is 4.67. The summed E-state index contributed by atoms with van der Waals surface area (Å²) in [5, 5.41) is 1.45. The molecule has 0 aromatic heterocycles. The van der Waals surface area contributed by atoms with E-state index in [-0.39, 0.29) is 0 Å². The number of hydrogen-bond acceptors (Lipinski definition) is 1. The lowest BCUT2D eigenvalue weighted by molar-refractivity contribution is 1.03. The van der Waals surface area contributed by atoms with Crippen molar-refractivity contribution in [2.24, 2.45) is 0 Å². The van der Waals surface area contributed by atoms with Crippen LogP contribution in [0, 0.1) is 0 Å². The van der Waals surface area contributed by atoms with Crippen molar-refractivity contribution in [1.29, 1.82) is 0 Å². The summed E-state index contributed by atoms with van der Waals surface area (Å²) >= 11 is 5.61. The molecule has 1 fully saturated rings. The highest BCUT2D eigenvalue weighted by molar-refractivity contribution is 8.18. The van der Waals surface area contributed by atoms with Gasteiger partial charge in [-0.3, -0.25) is 0 Å². The van der Waals surface area contributed by atoms with Gasteiger partial charge >= 0.3 is 0 Å². The molecule has 1 saturated heterocycles. The maximum atomic E-state index is 5.61. The first-order chi connectivity index (χ1) is 5.31. The van der Waals surface area contributed by atoms with Gasteiger partial charge in [0.15, 0.2) is 0 Å². The van der Waals surface area contributed by atoms with Gasteiger partial charge in [-0.1, -0.05) is 42.1 Å². The Hall–Kier alpha value is -0.130. The van der Waals surface area contributed by atoms with Gasteiger partial charge in [-0.05, 0) is 30.1 Å². The minimum absolute atomic E-state index is 1.01. The molecule has 0 N–H and O–H groups in total. The van der Waals surface area contributed by atoms with E-state index in [9.17, 15) is 0 Å². The molecule has 0 unspecified atom stereocenters. The highest BCUT2D eigenvalue weighted by atomic mass is 32.4. The van der Waals surface area contributed by atoms with Gasteiger partial charge in [0.1, 0.15) is 0 Å². The van der Waals surface area contributed by atoms with Crippen molar-refractivity contribution in [3.05, 3.63) is 30.3 Å². The summed E-state index contributed by atoms with van der Waals surface area (Å²) in [6, 6.07) is 9.63. The number of benzene rings is 1. The van der Waals surface area contributed by atoms with Crippen LogP contribution in [-0.2, 0) is 11.8 Å². The van der Waals surface area contributed by atoms with E-state index in [1.54, 1.807) is 0 Å². The molecule has 11 heavy (non-hydrogen) atoms. The number of hydrogen-bond donors (Lipinski definition) is 0. The third-order valence-electron chi connectivity index (χ3n) is 2.27. The van der Waals surface area contributed by atoms with Crippen LogP contribution in [0.5, 0.6) is 0 Å². The molecule has 0 aliphatic carbocycles. The summed E-state index contributed by atoms with van der Waals surface area (Å²) in [6.45, 7) is 0. The van der Waals surface area contributed by atoms with Crippen molar-refractivity contribution in [3.8, 4) is 0 Å². The Morgan fingerprint density at radius 2 is 1.73 bits per heavy atom. The van der Waals surface area contributed by atoms with Crippen molar-refractivity contribution >= 4 is 23.1 Å². The van der Waals surface area contributed by atoms with Crippen molar-refractivity contribution in [2.75, 3.05) is 12.3 Å². The van der Waals surface area contributed by atoms with Gasteiger partial charge in [-0.15, -0.1) is 0 Å². The largest absolute Gasteiger partial charge is 0.0926 e. The summed E-state index contributed by atoms with van der Waals surface area (Å²) in [7, 11) is 0. The number of rotatable bonds is 1. The molecule has 0 nitrogen and oxygen atoms in total. The van der Waals surface area contributed by atoms with E-state index in [2.05, 4.69) is 30.3 Å². The first-order valence-electron chi connectivity index (χ1n) is 3.95. The summed E-state index contributed by atoms with van der Waals surface area (Å²) in [6.07, 6.45) is 3.95. The van der Waals surface area contributed by atoms with E-state index in [1.165, 1.54) is 24.0 Å². The smallest absolute Gasteiger partial charge is 0.0142 e. The molecule has 0 bridgehead atoms. The zero-order valence-corrected chi connectivity index (χ0v) is 8.07. The van der Waals surface area contributed by atoms with Gasteiger partial charge < -0.3 is 0 Å². The topological polar surface area (TPSA) is 0 Å². The first kappa shape index (κ1) is 7.52. The molecule has 1 aromatic rings. The van der Waals surface area contributed by atoms with E-state index in [0.717, 1.165) is 0 Å². The molecular formula is C9H11PS. The molecule has 2 rings (SSSR count). The average Bonchev–Trinajstić information content (AvgIpc) is 2.02. The van der Waals surface area contributed by atoms with Crippen molar-refractivity contribution in [3.63, 3.8) is 0 Å². The Bertz CT molecular complexity index is 284. The van der Waals surface area contributed by atoms with Crippen LogP contribution >= 0.6 is 6.04 Å². The van der Waals surface area contributed by atoms with E-state index in [4.69, 9.17) is 11.8 Å². The molecule has 0 saturated carbocycles. The maximum Gasteiger partial charge on any atom is -0.0142 e. The molecule has 0 spiro atoms. The summed E-state index contributed by atoms with van der Waals surface area (Å²) in [5.41, 5.74) is 0. The van der Waals surface area contributed by atoms with Crippen LogP contribution in [0.4, 0.5) is 0 Å². The molecule has 0 amide bonds. The molecule has 58 valence electrons. The van der Waals surface area contributed by atoms with Crippen LogP contribution in [0.2, 0.25) is 0 Å². The third kappa shape index (κ3) is 1.28. The summed E-state index contributed by atoms with van der Waals surface area (Å²) < 4.78 is 0. The Morgan fingerprint density at radius 1 is 1.09 bits per heavy atom. The Kier molecular flexibility index (Phi) is 1.86. The molecule has 0 radical (unpaired) electrons. The van der Waals surface area contributed by atoms with Gasteiger partial charge in [0, 0.05) is 0 Å². The first-order valence-corrected chi connectivity index (χ1v) is 7.12. The van der Waals surface area contributed by atoms with E-state index in [0.29, 0.717) is 0 Å². The van der Waals surface area contributed by atoms with Crippen molar-refractivity contribution in [2.45, 2.75) is 6.42 Å². The minimum atomic E-state index is -1.01. The predicted molar refractivity (Wildman–Crippen MR) is 54.7 cm³/mol. The molecule has 1 aliphatic rings. The van der Waals surface area contributed by atoms with Crippen molar-refractivity contribution < 1.29 is 0 Å². The van der Waals surface area contributed by atoms with Crippen LogP contribution < -0.4 is 5.30 Å². The second-order valence-corrected chi connectivity index (χ2v) is 8.31. The fraction of sp³-hybridized carbons (Fsp3) is 0.333. The second kappa shape index (κ2) is 2.73. The zero-order chi connectivity index (χ0) is 7.73. The van der Waals surface area contributed by atoms with Gasteiger partial charge in [-0.2, -0.15) is 0 Å². The summed E-state index contributed by atoms with van der Waals surface area (Å²) in [4.78, 5) is 0. The van der Waals surface area contributed by atoms with Crippen molar-refractivity contribution in [1.82, 2.24) is 0 Å². The van der Waals surface area contributed by atoms with Crippen LogP contribution in [0.15, 0.2) is 30.3 Å². The molecular weight excluding hydrogens is 171 g/mol. The van der Waals surface area contributed by atoms with Crippen LogP contribution in [0.25, 0.3) is 0 Å². The molecule has 1 aromatic carbocycles. The SMILES string of the molecule is S=P1(c2ccccc2)CCC1. The van der Waals surface area contributed by atoms with Crippen LogP contribution in [-0.4, -0.2) is 12.3 Å². The maximum absolute atomic E-state index is 5.61. The quantitative estimate of drug-likeness (QED) is 0.600. The lowest BCUT2D eigenvalue weighted by Gasteiger charge is -2.30. The average molecular weight is 182 g/mol. The monoisotopic (exact) mass is 182 g/mol. The second-order valence-electron chi connectivity index (χ2n) is 3.03. The normalized spacial score (nSPS) is 20.7. The van der Waals surface area contributed by atoms with Gasteiger partial charge in [0.25, 0.3) is 0 Å². The van der Waals surface area contributed by atoms with Gasteiger partial charge in [0.05, 0.1) is 0 Å².